The van der Waals surface area contributed by atoms with E-state index in [2.05, 4.69) is 0 Å². The third kappa shape index (κ3) is 3.35. The lowest BCUT2D eigenvalue weighted by molar-refractivity contribution is 0.0468. The van der Waals surface area contributed by atoms with Crippen LogP contribution in [-0.4, -0.2) is 13.1 Å². The van der Waals surface area contributed by atoms with Crippen LogP contribution in [0.15, 0.2) is 57.7 Å². The van der Waals surface area contributed by atoms with Gasteiger partial charge in [-0.1, -0.05) is 24.3 Å². The van der Waals surface area contributed by atoms with Crippen LogP contribution in [0.3, 0.4) is 0 Å². The van der Waals surface area contributed by atoms with Crippen LogP contribution in [0.4, 0.5) is 0 Å². The van der Waals surface area contributed by atoms with Crippen molar-refractivity contribution in [1.82, 2.24) is 0 Å². The van der Waals surface area contributed by atoms with Crippen molar-refractivity contribution in [2.75, 3.05) is 7.11 Å². The minimum absolute atomic E-state index is 0.0138. The molecule has 0 N–H and O–H groups in total. The fourth-order valence-corrected chi connectivity index (χ4v) is 2.32. The summed E-state index contributed by atoms with van der Waals surface area (Å²) in [6, 6.07) is 15.1. The zero-order chi connectivity index (χ0) is 17.8. The summed E-state index contributed by atoms with van der Waals surface area (Å²) < 4.78 is 15.5. The Labute approximate surface area is 142 Å². The third-order valence-electron chi connectivity index (χ3n) is 3.62. The van der Waals surface area contributed by atoms with Crippen LogP contribution in [0.2, 0.25) is 0 Å². The van der Waals surface area contributed by atoms with Gasteiger partial charge < -0.3 is 13.9 Å². The van der Waals surface area contributed by atoms with Crippen molar-refractivity contribution in [3.8, 4) is 11.8 Å². The highest BCUT2D eigenvalue weighted by Gasteiger charge is 2.17. The second-order valence-electron chi connectivity index (χ2n) is 5.21. The minimum atomic E-state index is -0.790. The van der Waals surface area contributed by atoms with Gasteiger partial charge in [-0.15, -0.1) is 0 Å². The van der Waals surface area contributed by atoms with Crippen LogP contribution in [-0.2, 0) is 11.3 Å². The quantitative estimate of drug-likeness (QED) is 0.538. The van der Waals surface area contributed by atoms with Crippen LogP contribution in [0.5, 0.6) is 5.75 Å². The Morgan fingerprint density at radius 3 is 2.64 bits per heavy atom. The number of para-hydroxylation sites is 1. The molecule has 0 aliphatic carbocycles. The van der Waals surface area contributed by atoms with Crippen LogP contribution >= 0.6 is 0 Å². The van der Waals surface area contributed by atoms with Crippen molar-refractivity contribution < 1.29 is 18.7 Å². The first kappa shape index (κ1) is 16.3. The van der Waals surface area contributed by atoms with E-state index in [4.69, 9.17) is 19.2 Å². The molecule has 3 aromatic rings. The molecule has 0 atom stereocenters. The second-order valence-corrected chi connectivity index (χ2v) is 5.21. The number of carbonyl (C=O) groups excluding carboxylic acids is 1. The minimum Gasteiger partial charge on any atom is -0.493 e. The molecule has 0 radical (unpaired) electrons. The number of carbonyl (C=O) groups is 1. The van der Waals surface area contributed by atoms with Gasteiger partial charge in [-0.05, 0) is 29.8 Å². The van der Waals surface area contributed by atoms with Gasteiger partial charge in [-0.2, -0.15) is 5.26 Å². The van der Waals surface area contributed by atoms with Crippen molar-refractivity contribution >= 4 is 16.9 Å². The topological polar surface area (TPSA) is 89.5 Å². The van der Waals surface area contributed by atoms with Gasteiger partial charge in [0.05, 0.1) is 18.7 Å². The lowest BCUT2D eigenvalue weighted by Crippen LogP contribution is -2.16. The molecule has 124 valence electrons. The van der Waals surface area contributed by atoms with Gasteiger partial charge in [0.15, 0.2) is 11.3 Å². The van der Waals surface area contributed by atoms with Gasteiger partial charge in [-0.3, -0.25) is 0 Å². The molecule has 2 aromatic carbocycles. The summed E-state index contributed by atoms with van der Waals surface area (Å²) in [5.74, 6) is -0.366. The van der Waals surface area contributed by atoms with Gasteiger partial charge in [-0.25, -0.2) is 9.59 Å². The fraction of sp³-hybridized carbons (Fsp3) is 0.105. The van der Waals surface area contributed by atoms with Gasteiger partial charge in [0.2, 0.25) is 0 Å². The molecular weight excluding hydrogens is 322 g/mol. The number of esters is 1. The van der Waals surface area contributed by atoms with Crippen molar-refractivity contribution in [1.29, 1.82) is 5.26 Å². The molecule has 0 unspecified atom stereocenters. The van der Waals surface area contributed by atoms with Crippen molar-refractivity contribution in [3.05, 3.63) is 75.6 Å². The normalized spacial score (nSPS) is 10.2. The van der Waals surface area contributed by atoms with E-state index in [-0.39, 0.29) is 17.8 Å². The molecule has 0 fully saturated rings. The molecule has 1 aromatic heterocycles. The largest absolute Gasteiger partial charge is 0.493 e. The molecular formula is C19H13NO5. The fourth-order valence-electron chi connectivity index (χ4n) is 2.32. The number of ether oxygens (including phenoxy) is 2. The summed E-state index contributed by atoms with van der Waals surface area (Å²) in [5.41, 5.74) is 0.522. The number of nitrogens with zero attached hydrogens (tertiary/aromatic N) is 1. The maximum Gasteiger partial charge on any atom is 0.351 e. The van der Waals surface area contributed by atoms with Gasteiger partial charge in [0.25, 0.3) is 0 Å². The molecule has 0 amide bonds. The Bertz CT molecular complexity index is 1030. The SMILES string of the molecule is COc1cccc2cc(C(=O)OCc3ccc(C#N)cc3)c(=O)oc12. The highest BCUT2D eigenvalue weighted by Crippen LogP contribution is 2.24. The Balaban J connectivity index is 1.83. The van der Waals surface area contributed by atoms with Crippen molar-refractivity contribution in [2.45, 2.75) is 6.61 Å². The summed E-state index contributed by atoms with van der Waals surface area (Å²) in [7, 11) is 1.47. The molecule has 6 heteroatoms. The van der Waals surface area contributed by atoms with E-state index in [1.54, 1.807) is 42.5 Å². The number of fused-ring (bicyclic) bond motifs is 1. The lowest BCUT2D eigenvalue weighted by atomic mass is 10.1. The maximum atomic E-state index is 12.2. The summed E-state index contributed by atoms with van der Waals surface area (Å²) in [4.78, 5) is 24.3. The maximum absolute atomic E-state index is 12.2. The first-order valence-corrected chi connectivity index (χ1v) is 7.39. The van der Waals surface area contributed by atoms with Crippen molar-refractivity contribution in [2.24, 2.45) is 0 Å². The number of hydrogen-bond acceptors (Lipinski definition) is 6. The van der Waals surface area contributed by atoms with Crippen LogP contribution < -0.4 is 10.4 Å². The molecule has 0 aliphatic rings. The molecule has 0 aliphatic heterocycles. The van der Waals surface area contributed by atoms with Crippen LogP contribution in [0, 0.1) is 11.3 Å². The Morgan fingerprint density at radius 1 is 1.20 bits per heavy atom. The average Bonchev–Trinajstić information content (AvgIpc) is 2.65. The van der Waals surface area contributed by atoms with Gasteiger partial charge >= 0.3 is 11.6 Å². The molecule has 6 nitrogen and oxygen atoms in total. The van der Waals surface area contributed by atoms with E-state index in [0.29, 0.717) is 22.3 Å². The molecule has 25 heavy (non-hydrogen) atoms. The van der Waals surface area contributed by atoms with E-state index in [9.17, 15) is 9.59 Å². The molecule has 0 saturated heterocycles. The monoisotopic (exact) mass is 335 g/mol. The van der Waals surface area contributed by atoms with Gasteiger partial charge in [0, 0.05) is 5.39 Å². The number of nitriles is 1. The molecule has 0 bridgehead atoms. The van der Waals surface area contributed by atoms with Crippen LogP contribution in [0.1, 0.15) is 21.5 Å². The molecule has 0 saturated carbocycles. The lowest BCUT2D eigenvalue weighted by Gasteiger charge is -2.07. The summed E-state index contributed by atoms with van der Waals surface area (Å²) in [5, 5.41) is 9.32. The summed E-state index contributed by atoms with van der Waals surface area (Å²) in [6.45, 7) is -0.0138. The first-order valence-electron chi connectivity index (χ1n) is 7.39. The highest BCUT2D eigenvalue weighted by molar-refractivity contribution is 5.94. The average molecular weight is 335 g/mol. The third-order valence-corrected chi connectivity index (χ3v) is 3.62. The molecule has 1 heterocycles. The van der Waals surface area contributed by atoms with E-state index in [1.165, 1.54) is 13.2 Å². The molecule has 0 spiro atoms. The second kappa shape index (κ2) is 6.89. The van der Waals surface area contributed by atoms with E-state index in [1.807, 2.05) is 6.07 Å². The summed E-state index contributed by atoms with van der Waals surface area (Å²) >= 11 is 0. The predicted octanol–water partition coefficient (Wildman–Crippen LogP) is 3.03. The number of methoxy groups -OCH3 is 1. The number of hydrogen-bond donors (Lipinski definition) is 0. The Kier molecular flexibility index (Phi) is 4.48. The first-order chi connectivity index (χ1) is 12.1. The zero-order valence-corrected chi connectivity index (χ0v) is 13.3. The molecule has 3 rings (SSSR count). The smallest absolute Gasteiger partial charge is 0.351 e. The summed E-state index contributed by atoms with van der Waals surface area (Å²) in [6.07, 6.45) is 0. The standard InChI is InChI=1S/C19H13NO5/c1-23-16-4-2-3-14-9-15(19(22)25-17(14)16)18(21)24-11-13-7-5-12(10-20)6-8-13/h2-9H,11H2,1H3. The van der Waals surface area contributed by atoms with Crippen LogP contribution in [0.25, 0.3) is 11.0 Å². The Hall–Kier alpha value is -3.59. The number of benzene rings is 2. The number of rotatable bonds is 4. The Morgan fingerprint density at radius 2 is 1.96 bits per heavy atom. The van der Waals surface area contributed by atoms with E-state index >= 15 is 0 Å². The van der Waals surface area contributed by atoms with E-state index in [0.717, 1.165) is 0 Å². The highest BCUT2D eigenvalue weighted by atomic mass is 16.5. The van der Waals surface area contributed by atoms with E-state index < -0.39 is 11.6 Å². The van der Waals surface area contributed by atoms with Gasteiger partial charge in [0.1, 0.15) is 12.2 Å². The zero-order valence-electron chi connectivity index (χ0n) is 13.3. The predicted molar refractivity (Wildman–Crippen MR) is 89.3 cm³/mol. The van der Waals surface area contributed by atoms with Crippen molar-refractivity contribution in [3.63, 3.8) is 0 Å².